The summed E-state index contributed by atoms with van der Waals surface area (Å²) in [6, 6.07) is 3.23. The highest BCUT2D eigenvalue weighted by Gasteiger charge is 2.39. The molecule has 2 heterocycles. The molecule has 4 nitrogen and oxygen atoms in total. The summed E-state index contributed by atoms with van der Waals surface area (Å²) in [7, 11) is 0. The van der Waals surface area contributed by atoms with Crippen molar-refractivity contribution in [2.45, 2.75) is 12.3 Å². The van der Waals surface area contributed by atoms with Crippen LogP contribution < -0.4 is 0 Å². The lowest BCUT2D eigenvalue weighted by Gasteiger charge is -2.09. The van der Waals surface area contributed by atoms with E-state index in [0.717, 1.165) is 0 Å². The third kappa shape index (κ3) is 1.73. The van der Waals surface area contributed by atoms with Crippen molar-refractivity contribution >= 4 is 17.0 Å². The quantitative estimate of drug-likeness (QED) is 0.838. The van der Waals surface area contributed by atoms with Gasteiger partial charge >= 0.3 is 11.9 Å². The van der Waals surface area contributed by atoms with Crippen LogP contribution in [0.25, 0.3) is 11.0 Å². The first-order valence-electron chi connectivity index (χ1n) is 4.53. The standard InChI is InChI=1S/C10H8F2N2O2/c11-10(12,9(15)16)4-6-5-14-8-7(6)2-1-3-13-8/h1-3,5H,4H2,(H,13,14)(H,15,16). The Balaban J connectivity index is 2.38. The van der Waals surface area contributed by atoms with Gasteiger partial charge in [0.25, 0.3) is 0 Å². The van der Waals surface area contributed by atoms with E-state index in [-0.39, 0.29) is 5.56 Å². The second-order valence-electron chi connectivity index (χ2n) is 3.40. The molecule has 0 saturated heterocycles. The fourth-order valence-corrected chi connectivity index (χ4v) is 1.47. The fourth-order valence-electron chi connectivity index (χ4n) is 1.47. The molecule has 0 spiro atoms. The number of hydrogen-bond acceptors (Lipinski definition) is 2. The topological polar surface area (TPSA) is 66.0 Å². The summed E-state index contributed by atoms with van der Waals surface area (Å²) in [6.45, 7) is 0. The number of pyridine rings is 1. The van der Waals surface area contributed by atoms with Gasteiger partial charge in [-0.2, -0.15) is 8.78 Å². The van der Waals surface area contributed by atoms with Crippen LogP contribution in [0.1, 0.15) is 5.56 Å². The third-order valence-electron chi connectivity index (χ3n) is 2.26. The maximum absolute atomic E-state index is 13.0. The molecule has 0 saturated carbocycles. The molecule has 0 aromatic carbocycles. The molecule has 0 bridgehead atoms. The van der Waals surface area contributed by atoms with E-state index < -0.39 is 18.3 Å². The molecule has 16 heavy (non-hydrogen) atoms. The molecule has 2 rings (SSSR count). The summed E-state index contributed by atoms with van der Waals surface area (Å²) in [4.78, 5) is 16.9. The number of nitrogens with one attached hydrogen (secondary N) is 1. The van der Waals surface area contributed by atoms with E-state index >= 15 is 0 Å². The van der Waals surface area contributed by atoms with E-state index in [1.165, 1.54) is 12.4 Å². The largest absolute Gasteiger partial charge is 0.477 e. The number of alkyl halides is 2. The summed E-state index contributed by atoms with van der Waals surface area (Å²) in [5, 5.41) is 8.85. The molecule has 84 valence electrons. The summed E-state index contributed by atoms with van der Waals surface area (Å²) in [6.07, 6.45) is 2.04. The summed E-state index contributed by atoms with van der Waals surface area (Å²) in [5.41, 5.74) is 0.717. The zero-order valence-corrected chi connectivity index (χ0v) is 8.08. The Morgan fingerprint density at radius 1 is 1.56 bits per heavy atom. The van der Waals surface area contributed by atoms with Crippen molar-refractivity contribution in [2.24, 2.45) is 0 Å². The Morgan fingerprint density at radius 2 is 2.31 bits per heavy atom. The molecule has 0 aliphatic heterocycles. The van der Waals surface area contributed by atoms with E-state index in [1.54, 1.807) is 12.1 Å². The van der Waals surface area contributed by atoms with Gasteiger partial charge in [0.15, 0.2) is 0 Å². The minimum atomic E-state index is -3.76. The van der Waals surface area contributed by atoms with Gasteiger partial charge in [-0.05, 0) is 17.7 Å². The van der Waals surface area contributed by atoms with Gasteiger partial charge < -0.3 is 10.1 Å². The van der Waals surface area contributed by atoms with Gasteiger partial charge in [-0.1, -0.05) is 0 Å². The molecule has 0 aliphatic rings. The summed E-state index contributed by atoms with van der Waals surface area (Å²) in [5.74, 6) is -5.88. The Morgan fingerprint density at radius 3 is 3.00 bits per heavy atom. The number of aromatic amines is 1. The maximum Gasteiger partial charge on any atom is 0.374 e. The normalized spacial score (nSPS) is 11.9. The molecule has 0 aliphatic carbocycles. The number of carboxylic acids is 1. The molecule has 2 aromatic heterocycles. The monoisotopic (exact) mass is 226 g/mol. The second kappa shape index (κ2) is 3.55. The maximum atomic E-state index is 13.0. The van der Waals surface area contributed by atoms with Crippen molar-refractivity contribution in [3.63, 3.8) is 0 Å². The molecule has 0 amide bonds. The van der Waals surface area contributed by atoms with Crippen molar-refractivity contribution in [3.8, 4) is 0 Å². The number of rotatable bonds is 3. The zero-order valence-electron chi connectivity index (χ0n) is 8.08. The van der Waals surface area contributed by atoms with Crippen molar-refractivity contribution < 1.29 is 18.7 Å². The number of halogens is 2. The average molecular weight is 226 g/mol. The highest BCUT2D eigenvalue weighted by atomic mass is 19.3. The minimum Gasteiger partial charge on any atom is -0.477 e. The zero-order chi connectivity index (χ0) is 11.8. The van der Waals surface area contributed by atoms with Crippen LogP contribution in [-0.4, -0.2) is 27.0 Å². The van der Waals surface area contributed by atoms with Crippen molar-refractivity contribution in [1.29, 1.82) is 0 Å². The van der Waals surface area contributed by atoms with Crippen LogP contribution in [0.2, 0.25) is 0 Å². The third-order valence-corrected chi connectivity index (χ3v) is 2.26. The molecule has 0 atom stereocenters. The molecule has 6 heteroatoms. The highest BCUT2D eigenvalue weighted by Crippen LogP contribution is 2.25. The first kappa shape index (κ1) is 10.5. The van der Waals surface area contributed by atoms with Crippen LogP contribution in [0.4, 0.5) is 8.78 Å². The predicted molar refractivity (Wildman–Crippen MR) is 52.4 cm³/mol. The first-order chi connectivity index (χ1) is 7.50. The van der Waals surface area contributed by atoms with Crippen molar-refractivity contribution in [1.82, 2.24) is 9.97 Å². The van der Waals surface area contributed by atoms with Gasteiger partial charge in [-0.3, -0.25) is 0 Å². The van der Waals surface area contributed by atoms with E-state index in [4.69, 9.17) is 5.11 Å². The predicted octanol–water partition coefficient (Wildman–Crippen LogP) is 1.83. The number of nitrogens with zero attached hydrogens (tertiary/aromatic N) is 1. The van der Waals surface area contributed by atoms with Gasteiger partial charge in [0.05, 0.1) is 0 Å². The van der Waals surface area contributed by atoms with Crippen LogP contribution in [0.5, 0.6) is 0 Å². The number of carboxylic acid groups (broad SMARTS) is 1. The molecule has 0 fully saturated rings. The van der Waals surface area contributed by atoms with E-state index in [1.807, 2.05) is 0 Å². The van der Waals surface area contributed by atoms with Gasteiger partial charge in [-0.25, -0.2) is 9.78 Å². The van der Waals surface area contributed by atoms with Gasteiger partial charge in [0, 0.05) is 24.2 Å². The molecule has 2 aromatic rings. The number of carbonyl (C=O) groups is 1. The van der Waals surface area contributed by atoms with Crippen LogP contribution in [0.3, 0.4) is 0 Å². The Labute approximate surface area is 88.9 Å². The van der Waals surface area contributed by atoms with Gasteiger partial charge in [0.1, 0.15) is 5.65 Å². The SMILES string of the molecule is O=C(O)C(F)(F)Cc1c[nH]c2ncccc12. The fraction of sp³-hybridized carbons (Fsp3) is 0.200. The lowest BCUT2D eigenvalue weighted by atomic mass is 10.1. The average Bonchev–Trinajstić information content (AvgIpc) is 2.61. The van der Waals surface area contributed by atoms with E-state index in [0.29, 0.717) is 11.0 Å². The van der Waals surface area contributed by atoms with E-state index in [2.05, 4.69) is 9.97 Å². The Kier molecular flexibility index (Phi) is 2.34. The smallest absolute Gasteiger partial charge is 0.374 e. The van der Waals surface area contributed by atoms with Crippen LogP contribution in [-0.2, 0) is 11.2 Å². The van der Waals surface area contributed by atoms with Crippen molar-refractivity contribution in [2.75, 3.05) is 0 Å². The molecule has 0 unspecified atom stereocenters. The van der Waals surface area contributed by atoms with Gasteiger partial charge in [-0.15, -0.1) is 0 Å². The number of H-pyrrole nitrogens is 1. The minimum absolute atomic E-state index is 0.246. The summed E-state index contributed by atoms with van der Waals surface area (Å²) >= 11 is 0. The molecular weight excluding hydrogens is 218 g/mol. The van der Waals surface area contributed by atoms with Crippen LogP contribution in [0.15, 0.2) is 24.5 Å². The first-order valence-corrected chi connectivity index (χ1v) is 4.53. The number of fused-ring (bicyclic) bond motifs is 1. The summed E-state index contributed by atoms with van der Waals surface area (Å²) < 4.78 is 26.0. The Hall–Kier alpha value is -1.98. The lowest BCUT2D eigenvalue weighted by molar-refractivity contribution is -0.164. The molecule has 0 radical (unpaired) electrons. The number of aromatic nitrogens is 2. The number of aliphatic carboxylic acids is 1. The van der Waals surface area contributed by atoms with E-state index in [9.17, 15) is 13.6 Å². The second-order valence-corrected chi connectivity index (χ2v) is 3.40. The van der Waals surface area contributed by atoms with Crippen molar-refractivity contribution in [3.05, 3.63) is 30.1 Å². The van der Waals surface area contributed by atoms with Gasteiger partial charge in [0.2, 0.25) is 0 Å². The molecule has 2 N–H and O–H groups in total. The lowest BCUT2D eigenvalue weighted by Crippen LogP contribution is -2.30. The highest BCUT2D eigenvalue weighted by molar-refractivity contribution is 5.82. The number of hydrogen-bond donors (Lipinski definition) is 2. The van der Waals surface area contributed by atoms with Crippen LogP contribution in [0, 0.1) is 0 Å². The Bertz CT molecular complexity index is 536. The van der Waals surface area contributed by atoms with Crippen LogP contribution >= 0.6 is 0 Å². The molecular formula is C10H8F2N2O2.